The zero-order valence-electron chi connectivity index (χ0n) is 16.8. The molecule has 0 aliphatic carbocycles. The minimum Gasteiger partial charge on any atom is -0.490 e. The van der Waals surface area contributed by atoms with Crippen molar-refractivity contribution >= 4 is 16.0 Å². The summed E-state index contributed by atoms with van der Waals surface area (Å²) >= 11 is 0. The third-order valence-electron chi connectivity index (χ3n) is 4.89. The number of rotatable bonds is 7. The highest BCUT2D eigenvalue weighted by molar-refractivity contribution is 7.89. The molecule has 0 amide bonds. The summed E-state index contributed by atoms with van der Waals surface area (Å²) in [6.07, 6.45) is 1.03. The molecule has 7 heteroatoms. The average Bonchev–Trinajstić information content (AvgIpc) is 2.71. The lowest BCUT2D eigenvalue weighted by atomic mass is 9.94. The fourth-order valence-corrected chi connectivity index (χ4v) is 5.29. The largest absolute Gasteiger partial charge is 0.490 e. The van der Waals surface area contributed by atoms with Gasteiger partial charge in [0, 0.05) is 13.1 Å². The first-order chi connectivity index (χ1) is 13.9. The number of ether oxygens (including phenoxy) is 2. The maximum Gasteiger partial charge on any atom is 0.338 e. The average molecular weight is 418 g/mol. The van der Waals surface area contributed by atoms with Crippen LogP contribution in [-0.2, 0) is 14.8 Å². The van der Waals surface area contributed by atoms with Crippen LogP contribution in [0.4, 0.5) is 0 Å². The van der Waals surface area contributed by atoms with Crippen LogP contribution in [0.5, 0.6) is 5.75 Å². The van der Waals surface area contributed by atoms with Crippen molar-refractivity contribution in [2.45, 2.75) is 25.2 Å². The van der Waals surface area contributed by atoms with Crippen LogP contribution in [-0.4, -0.2) is 45.0 Å². The highest BCUT2D eigenvalue weighted by Crippen LogP contribution is 2.26. The number of benzene rings is 2. The summed E-state index contributed by atoms with van der Waals surface area (Å²) in [6.45, 7) is 5.54. The lowest BCUT2D eigenvalue weighted by Gasteiger charge is -2.34. The molecule has 156 valence electrons. The van der Waals surface area contributed by atoms with E-state index in [1.54, 1.807) is 4.31 Å². The maximum absolute atomic E-state index is 12.9. The maximum atomic E-state index is 12.9. The van der Waals surface area contributed by atoms with Crippen LogP contribution >= 0.6 is 0 Å². The molecule has 1 heterocycles. The van der Waals surface area contributed by atoms with Gasteiger partial charge >= 0.3 is 5.97 Å². The number of hydrogen-bond acceptors (Lipinski definition) is 5. The van der Waals surface area contributed by atoms with Crippen LogP contribution in [0.2, 0.25) is 0 Å². The number of hydrogen-bond donors (Lipinski definition) is 0. The van der Waals surface area contributed by atoms with Gasteiger partial charge in [-0.15, -0.1) is 0 Å². The Morgan fingerprint density at radius 2 is 1.59 bits per heavy atom. The van der Waals surface area contributed by atoms with Gasteiger partial charge in [-0.1, -0.05) is 32.0 Å². The van der Waals surface area contributed by atoms with Gasteiger partial charge < -0.3 is 9.47 Å². The molecule has 2 aromatic carbocycles. The number of carbonyl (C=O) groups excluding carboxylic acids is 1. The summed E-state index contributed by atoms with van der Waals surface area (Å²) in [5.74, 6) is 0.868. The van der Waals surface area contributed by atoms with E-state index in [0.717, 1.165) is 6.42 Å². The van der Waals surface area contributed by atoms with Crippen LogP contribution in [0.15, 0.2) is 59.5 Å². The van der Waals surface area contributed by atoms with Gasteiger partial charge in [0.1, 0.15) is 19.0 Å². The lowest BCUT2D eigenvalue weighted by Crippen LogP contribution is -2.42. The molecular formula is C22H27NO5S. The van der Waals surface area contributed by atoms with E-state index in [1.165, 1.54) is 24.3 Å². The van der Waals surface area contributed by atoms with Crippen LogP contribution < -0.4 is 4.74 Å². The molecule has 0 spiro atoms. The summed E-state index contributed by atoms with van der Waals surface area (Å²) in [7, 11) is -3.56. The van der Waals surface area contributed by atoms with E-state index in [-0.39, 0.29) is 18.1 Å². The van der Waals surface area contributed by atoms with Crippen LogP contribution in [0.25, 0.3) is 0 Å². The lowest BCUT2D eigenvalue weighted by molar-refractivity contribution is 0.0450. The quantitative estimate of drug-likeness (QED) is 0.508. The predicted octanol–water partition coefficient (Wildman–Crippen LogP) is 3.59. The number of sulfonamides is 1. The minimum atomic E-state index is -3.56. The topological polar surface area (TPSA) is 72.9 Å². The molecular weight excluding hydrogens is 390 g/mol. The Bertz CT molecular complexity index is 902. The summed E-state index contributed by atoms with van der Waals surface area (Å²) in [5.41, 5.74) is 0.309. The Morgan fingerprint density at radius 1 is 0.966 bits per heavy atom. The zero-order valence-corrected chi connectivity index (χ0v) is 17.6. The highest BCUT2D eigenvalue weighted by atomic mass is 32.2. The molecule has 1 fully saturated rings. The van der Waals surface area contributed by atoms with Crippen LogP contribution in [0.3, 0.4) is 0 Å². The minimum absolute atomic E-state index is 0.108. The van der Waals surface area contributed by atoms with Gasteiger partial charge in [0.05, 0.1) is 10.5 Å². The Labute approximate surface area is 172 Å². The molecule has 0 N–H and O–H groups in total. The molecule has 1 aliphatic rings. The first kappa shape index (κ1) is 21.3. The summed E-state index contributed by atoms with van der Waals surface area (Å²) in [4.78, 5) is 12.4. The molecule has 0 unspecified atom stereocenters. The molecule has 2 aromatic rings. The van der Waals surface area contributed by atoms with E-state index < -0.39 is 16.0 Å². The van der Waals surface area contributed by atoms with Gasteiger partial charge in [0.15, 0.2) is 0 Å². The molecule has 0 bridgehead atoms. The monoisotopic (exact) mass is 417 g/mol. The summed E-state index contributed by atoms with van der Waals surface area (Å²) < 4.78 is 38.0. The van der Waals surface area contributed by atoms with Gasteiger partial charge in [0.25, 0.3) is 0 Å². The van der Waals surface area contributed by atoms with Crippen molar-refractivity contribution in [3.8, 4) is 5.75 Å². The molecule has 3 rings (SSSR count). The van der Waals surface area contributed by atoms with Crippen molar-refractivity contribution < 1.29 is 22.7 Å². The van der Waals surface area contributed by atoms with Crippen molar-refractivity contribution in [3.05, 3.63) is 60.2 Å². The van der Waals surface area contributed by atoms with Gasteiger partial charge in [0.2, 0.25) is 10.0 Å². The van der Waals surface area contributed by atoms with E-state index in [2.05, 4.69) is 13.8 Å². The molecule has 6 nitrogen and oxygen atoms in total. The molecule has 29 heavy (non-hydrogen) atoms. The Balaban J connectivity index is 1.55. The fourth-order valence-electron chi connectivity index (χ4n) is 3.61. The fraction of sp³-hybridized carbons (Fsp3) is 0.409. The summed E-state index contributed by atoms with van der Waals surface area (Å²) in [6, 6.07) is 15.2. The SMILES string of the molecule is C[C@@H]1C[C@H](C)CN(S(=O)(=O)c2ccc(C(=O)OCCOc3ccccc3)cc2)C1. The molecule has 1 saturated heterocycles. The normalized spacial score (nSPS) is 20.2. The van der Waals surface area contributed by atoms with E-state index in [0.29, 0.717) is 36.2 Å². The molecule has 0 radical (unpaired) electrons. The third kappa shape index (κ3) is 5.58. The second-order valence-corrected chi connectivity index (χ2v) is 9.53. The molecule has 0 saturated carbocycles. The van der Waals surface area contributed by atoms with Gasteiger partial charge in [-0.05, 0) is 54.7 Å². The Morgan fingerprint density at radius 3 is 2.21 bits per heavy atom. The Hall–Kier alpha value is -2.38. The highest BCUT2D eigenvalue weighted by Gasteiger charge is 2.31. The number of piperidine rings is 1. The molecule has 0 aromatic heterocycles. The summed E-state index contributed by atoms with van der Waals surface area (Å²) in [5, 5.41) is 0. The van der Waals surface area contributed by atoms with Gasteiger partial charge in [-0.2, -0.15) is 4.31 Å². The first-order valence-corrected chi connectivity index (χ1v) is 11.3. The van der Waals surface area contributed by atoms with E-state index in [1.807, 2.05) is 30.3 Å². The van der Waals surface area contributed by atoms with Crippen molar-refractivity contribution in [3.63, 3.8) is 0 Å². The van der Waals surface area contributed by atoms with E-state index >= 15 is 0 Å². The smallest absolute Gasteiger partial charge is 0.338 e. The standard InChI is InChI=1S/C22H27NO5S/c1-17-14-18(2)16-23(15-17)29(25,26)21-10-8-19(9-11-21)22(24)28-13-12-27-20-6-4-3-5-7-20/h3-11,17-18H,12-16H2,1-2H3/t17-,18+. The number of carbonyl (C=O) groups is 1. The van der Waals surface area contributed by atoms with Crippen molar-refractivity contribution in [2.75, 3.05) is 26.3 Å². The second-order valence-electron chi connectivity index (χ2n) is 7.59. The number of esters is 1. The van der Waals surface area contributed by atoms with Crippen molar-refractivity contribution in [2.24, 2.45) is 11.8 Å². The van der Waals surface area contributed by atoms with Crippen molar-refractivity contribution in [1.82, 2.24) is 4.31 Å². The number of para-hydroxylation sites is 1. The van der Waals surface area contributed by atoms with E-state index in [4.69, 9.17) is 9.47 Å². The van der Waals surface area contributed by atoms with Gasteiger partial charge in [-0.25, -0.2) is 13.2 Å². The van der Waals surface area contributed by atoms with Crippen LogP contribution in [0.1, 0.15) is 30.6 Å². The number of nitrogens with zero attached hydrogens (tertiary/aromatic N) is 1. The van der Waals surface area contributed by atoms with Crippen molar-refractivity contribution in [1.29, 1.82) is 0 Å². The van der Waals surface area contributed by atoms with Crippen LogP contribution in [0, 0.1) is 11.8 Å². The predicted molar refractivity (Wildman–Crippen MR) is 110 cm³/mol. The zero-order chi connectivity index (χ0) is 20.9. The Kier molecular flexibility index (Phi) is 6.92. The molecule has 2 atom stereocenters. The molecule has 1 aliphatic heterocycles. The van der Waals surface area contributed by atoms with E-state index in [9.17, 15) is 13.2 Å². The first-order valence-electron chi connectivity index (χ1n) is 9.81. The second kappa shape index (κ2) is 9.41. The van der Waals surface area contributed by atoms with Gasteiger partial charge in [-0.3, -0.25) is 0 Å². The third-order valence-corrected chi connectivity index (χ3v) is 6.74.